The van der Waals surface area contributed by atoms with Gasteiger partial charge in [-0.05, 0) is 48.7 Å². The Morgan fingerprint density at radius 1 is 0.613 bits per heavy atom. The van der Waals surface area contributed by atoms with Crippen molar-refractivity contribution in [2.24, 2.45) is 7.05 Å². The zero-order valence-electron chi connectivity index (χ0n) is 17.0. The van der Waals surface area contributed by atoms with Crippen molar-refractivity contribution >= 4 is 21.5 Å². The molecule has 6 nitrogen and oxygen atoms in total. The molecule has 0 saturated carbocycles. The first-order valence-electron chi connectivity index (χ1n) is 9.89. The van der Waals surface area contributed by atoms with Crippen molar-refractivity contribution < 1.29 is 0 Å². The molecule has 0 fully saturated rings. The first-order chi connectivity index (χ1) is 14.8. The van der Waals surface area contributed by atoms with E-state index in [9.17, 15) is 19.2 Å². The number of rotatable bonds is 3. The maximum Gasteiger partial charge on any atom is 0.266 e. The Hall–Kier alpha value is -4.06. The summed E-state index contributed by atoms with van der Waals surface area (Å²) in [6, 6.07) is 18.3. The van der Waals surface area contributed by atoms with E-state index in [-0.39, 0.29) is 21.5 Å². The van der Waals surface area contributed by atoms with Gasteiger partial charge in [0.15, 0.2) is 0 Å². The molecule has 0 atom stereocenters. The maximum atomic E-state index is 13.0. The summed E-state index contributed by atoms with van der Waals surface area (Å²) in [6.07, 6.45) is 0.743. The zero-order chi connectivity index (χ0) is 21.9. The third-order valence-corrected chi connectivity index (χ3v) is 5.82. The van der Waals surface area contributed by atoms with Crippen LogP contribution in [-0.2, 0) is 13.5 Å². The summed E-state index contributed by atoms with van der Waals surface area (Å²) in [7, 11) is 1.38. The Morgan fingerprint density at radius 2 is 1.03 bits per heavy atom. The highest BCUT2D eigenvalue weighted by molar-refractivity contribution is 5.98. The molecular formula is C25H18N2O4. The van der Waals surface area contributed by atoms with Crippen LogP contribution in [0.4, 0.5) is 0 Å². The molecule has 0 bridgehead atoms. The Kier molecular flexibility index (Phi) is 4.12. The van der Waals surface area contributed by atoms with Gasteiger partial charge in [-0.1, -0.05) is 42.0 Å². The second kappa shape index (κ2) is 6.74. The second-order valence-electron chi connectivity index (χ2n) is 7.89. The van der Waals surface area contributed by atoms with E-state index < -0.39 is 22.2 Å². The number of nitrogens with zero attached hydrogens (tertiary/aromatic N) is 2. The molecular weight excluding hydrogens is 392 g/mol. The molecule has 0 aliphatic heterocycles. The molecule has 0 spiro atoms. The molecule has 3 aromatic carbocycles. The number of aryl methyl sites for hydroxylation is 1. The Morgan fingerprint density at radius 3 is 1.52 bits per heavy atom. The van der Waals surface area contributed by atoms with Crippen molar-refractivity contribution in [3.8, 4) is 5.69 Å². The third-order valence-electron chi connectivity index (χ3n) is 5.82. The van der Waals surface area contributed by atoms with Crippen LogP contribution in [0.3, 0.4) is 0 Å². The molecule has 5 rings (SSSR count). The van der Waals surface area contributed by atoms with Crippen LogP contribution in [-0.4, -0.2) is 9.13 Å². The van der Waals surface area contributed by atoms with Gasteiger partial charge in [0.2, 0.25) is 0 Å². The van der Waals surface area contributed by atoms with Crippen LogP contribution in [0.25, 0.3) is 27.2 Å². The number of hydrogen-bond donors (Lipinski definition) is 0. The average molecular weight is 410 g/mol. The van der Waals surface area contributed by atoms with E-state index in [1.807, 2.05) is 19.1 Å². The average Bonchev–Trinajstić information content (AvgIpc) is 3.14. The van der Waals surface area contributed by atoms with Gasteiger partial charge in [-0.2, -0.15) is 0 Å². The lowest BCUT2D eigenvalue weighted by molar-refractivity contribution is 0.856. The van der Waals surface area contributed by atoms with Crippen molar-refractivity contribution in [3.63, 3.8) is 0 Å². The van der Waals surface area contributed by atoms with Gasteiger partial charge in [0, 0.05) is 7.05 Å². The lowest BCUT2D eigenvalue weighted by Crippen LogP contribution is -2.23. The monoisotopic (exact) mass is 410 g/mol. The van der Waals surface area contributed by atoms with Crippen molar-refractivity contribution in [1.29, 1.82) is 0 Å². The van der Waals surface area contributed by atoms with Crippen molar-refractivity contribution in [2.45, 2.75) is 13.3 Å². The van der Waals surface area contributed by atoms with Crippen LogP contribution in [0, 0.1) is 6.92 Å². The van der Waals surface area contributed by atoms with E-state index in [2.05, 4.69) is 24.3 Å². The van der Waals surface area contributed by atoms with E-state index in [0.29, 0.717) is 5.69 Å². The summed E-state index contributed by atoms with van der Waals surface area (Å²) in [6.45, 7) is 2.04. The van der Waals surface area contributed by atoms with Crippen molar-refractivity contribution in [1.82, 2.24) is 9.13 Å². The number of hydrogen-bond acceptors (Lipinski definition) is 4. The maximum absolute atomic E-state index is 13.0. The minimum Gasteiger partial charge on any atom is -0.277 e. The lowest BCUT2D eigenvalue weighted by Gasteiger charge is -2.05. The van der Waals surface area contributed by atoms with E-state index in [1.165, 1.54) is 30.3 Å². The van der Waals surface area contributed by atoms with Crippen LogP contribution in [0.1, 0.15) is 16.7 Å². The minimum atomic E-state index is -0.496. The zero-order valence-corrected chi connectivity index (χ0v) is 17.0. The predicted octanol–water partition coefficient (Wildman–Crippen LogP) is 2.34. The molecule has 0 aliphatic carbocycles. The molecule has 5 aromatic rings. The standard InChI is InChI=1S/C25H18N2O4/c1-14-3-5-15(6-4-14)11-16-7-9-17(10-8-16)27-24(30)20-12-18-19(13-21(20)25(27)31)23(29)26(2)22(18)28/h3-10,12-13H,11H2,1-2H3. The summed E-state index contributed by atoms with van der Waals surface area (Å²) in [5.74, 6) is 0. The van der Waals surface area contributed by atoms with E-state index in [4.69, 9.17) is 0 Å². The number of fused-ring (bicyclic) bond motifs is 2. The smallest absolute Gasteiger partial charge is 0.266 e. The molecule has 152 valence electrons. The van der Waals surface area contributed by atoms with E-state index in [1.54, 1.807) is 12.1 Å². The molecule has 2 aromatic heterocycles. The highest BCUT2D eigenvalue weighted by Crippen LogP contribution is 2.17. The molecule has 0 radical (unpaired) electrons. The third kappa shape index (κ3) is 2.87. The van der Waals surface area contributed by atoms with Gasteiger partial charge >= 0.3 is 0 Å². The second-order valence-corrected chi connectivity index (χ2v) is 7.89. The van der Waals surface area contributed by atoms with Crippen LogP contribution < -0.4 is 22.2 Å². The first kappa shape index (κ1) is 18.9. The van der Waals surface area contributed by atoms with Crippen molar-refractivity contribution in [2.75, 3.05) is 0 Å². The number of aromatic nitrogens is 2. The van der Waals surface area contributed by atoms with Crippen LogP contribution in [0.15, 0.2) is 79.8 Å². The van der Waals surface area contributed by atoms with Gasteiger partial charge in [-0.25, -0.2) is 4.57 Å². The molecule has 2 heterocycles. The molecule has 0 unspecified atom stereocenters. The molecule has 0 aliphatic rings. The predicted molar refractivity (Wildman–Crippen MR) is 121 cm³/mol. The summed E-state index contributed by atoms with van der Waals surface area (Å²) in [4.78, 5) is 50.5. The molecule has 0 N–H and O–H groups in total. The minimum absolute atomic E-state index is 0.143. The van der Waals surface area contributed by atoms with Gasteiger partial charge in [-0.3, -0.25) is 23.7 Å². The van der Waals surface area contributed by atoms with Gasteiger partial charge in [-0.15, -0.1) is 0 Å². The molecule has 6 heteroatoms. The lowest BCUT2D eigenvalue weighted by atomic mass is 10.0. The quantitative estimate of drug-likeness (QED) is 0.457. The Labute approximate surface area is 175 Å². The first-order valence-corrected chi connectivity index (χ1v) is 9.89. The normalized spacial score (nSPS) is 11.5. The van der Waals surface area contributed by atoms with E-state index in [0.717, 1.165) is 21.1 Å². The topological polar surface area (TPSA) is 78.1 Å². The summed E-state index contributed by atoms with van der Waals surface area (Å²) in [5.41, 5.74) is 1.95. The Balaban J connectivity index is 1.61. The summed E-state index contributed by atoms with van der Waals surface area (Å²) < 4.78 is 2.08. The molecule has 0 amide bonds. The fraction of sp³-hybridized carbons (Fsp3) is 0.120. The fourth-order valence-corrected chi connectivity index (χ4v) is 4.03. The van der Waals surface area contributed by atoms with Crippen LogP contribution >= 0.6 is 0 Å². The van der Waals surface area contributed by atoms with Crippen LogP contribution in [0.2, 0.25) is 0 Å². The SMILES string of the molecule is Cc1ccc(Cc2ccc(-n3c(=O)c4cc5c(=O)n(C)c(=O)c5cc4c3=O)cc2)cc1. The highest BCUT2D eigenvalue weighted by Gasteiger charge is 2.19. The number of benzene rings is 3. The largest absolute Gasteiger partial charge is 0.277 e. The van der Waals surface area contributed by atoms with Crippen molar-refractivity contribution in [3.05, 3.63) is 119 Å². The highest BCUT2D eigenvalue weighted by atomic mass is 16.2. The van der Waals surface area contributed by atoms with E-state index >= 15 is 0 Å². The van der Waals surface area contributed by atoms with Gasteiger partial charge in [0.25, 0.3) is 22.2 Å². The van der Waals surface area contributed by atoms with Crippen LogP contribution in [0.5, 0.6) is 0 Å². The van der Waals surface area contributed by atoms with Gasteiger partial charge < -0.3 is 0 Å². The molecule has 31 heavy (non-hydrogen) atoms. The van der Waals surface area contributed by atoms with Gasteiger partial charge in [0.05, 0.1) is 27.2 Å². The fourth-order valence-electron chi connectivity index (χ4n) is 4.03. The molecule has 0 saturated heterocycles. The summed E-state index contributed by atoms with van der Waals surface area (Å²) in [5, 5.41) is 0.596. The van der Waals surface area contributed by atoms with Gasteiger partial charge in [0.1, 0.15) is 0 Å². The Bertz CT molecular complexity index is 1600. The summed E-state index contributed by atoms with van der Waals surface area (Å²) >= 11 is 0.